The van der Waals surface area contributed by atoms with Crippen LogP contribution in [0.4, 0.5) is 0 Å². The van der Waals surface area contributed by atoms with Crippen molar-refractivity contribution in [2.24, 2.45) is 0 Å². The zero-order valence-corrected chi connectivity index (χ0v) is 12.2. The topological polar surface area (TPSA) is 58.5 Å². The maximum Gasteiger partial charge on any atom is 0.143 e. The zero-order valence-electron chi connectivity index (χ0n) is 12.2. The van der Waals surface area contributed by atoms with E-state index in [1.165, 1.54) is 0 Å². The third-order valence-corrected chi connectivity index (χ3v) is 3.13. The molecule has 2 rings (SSSR count). The van der Waals surface area contributed by atoms with Crippen molar-refractivity contribution in [3.05, 3.63) is 35.8 Å². The molecular weight excluding hydrogens is 254 g/mol. The summed E-state index contributed by atoms with van der Waals surface area (Å²) in [6.45, 7) is 3.46. The molecule has 0 aliphatic carbocycles. The highest BCUT2D eigenvalue weighted by Crippen LogP contribution is 2.15. The number of hydrogen-bond donors (Lipinski definition) is 1. The second-order valence-corrected chi connectivity index (χ2v) is 5.05. The number of hydrogen-bond acceptors (Lipinski definition) is 5. The Kier molecular flexibility index (Phi) is 5.00. The van der Waals surface area contributed by atoms with Gasteiger partial charge in [-0.15, -0.1) is 0 Å². The summed E-state index contributed by atoms with van der Waals surface area (Å²) < 4.78 is 4.92. The van der Waals surface area contributed by atoms with Crippen LogP contribution in [0.5, 0.6) is 0 Å². The van der Waals surface area contributed by atoms with Crippen molar-refractivity contribution in [1.82, 2.24) is 14.9 Å². The number of aliphatic hydroxyl groups is 1. The Morgan fingerprint density at radius 3 is 2.80 bits per heavy atom. The van der Waals surface area contributed by atoms with Crippen LogP contribution in [0.25, 0.3) is 10.9 Å². The molecule has 0 radical (unpaired) electrons. The third kappa shape index (κ3) is 3.72. The van der Waals surface area contributed by atoms with Crippen LogP contribution in [-0.4, -0.2) is 53.4 Å². The monoisotopic (exact) mass is 275 g/mol. The smallest absolute Gasteiger partial charge is 0.143 e. The van der Waals surface area contributed by atoms with Crippen molar-refractivity contribution < 1.29 is 9.84 Å². The van der Waals surface area contributed by atoms with Crippen LogP contribution in [0, 0.1) is 6.92 Å². The minimum Gasteiger partial charge on any atom is -0.389 e. The molecule has 0 spiro atoms. The Hall–Kier alpha value is -1.56. The van der Waals surface area contributed by atoms with E-state index in [-0.39, 0.29) is 0 Å². The Morgan fingerprint density at radius 2 is 2.05 bits per heavy atom. The molecule has 1 aromatic heterocycles. The summed E-state index contributed by atoms with van der Waals surface area (Å²) in [6.07, 6.45) is -0.494. The molecule has 108 valence electrons. The fourth-order valence-corrected chi connectivity index (χ4v) is 2.28. The largest absolute Gasteiger partial charge is 0.389 e. The fourth-order valence-electron chi connectivity index (χ4n) is 2.28. The lowest BCUT2D eigenvalue weighted by atomic mass is 10.2. The molecule has 0 bridgehead atoms. The molecule has 2 aromatic rings. The SMILES string of the molecule is COCC(O)CN(C)Cc1nc(C)c2ccccc2n1. The number of fused-ring (bicyclic) bond motifs is 1. The first-order chi connectivity index (χ1) is 9.60. The Bertz CT molecular complexity index is 574. The first-order valence-electron chi connectivity index (χ1n) is 6.68. The summed E-state index contributed by atoms with van der Waals surface area (Å²) in [7, 11) is 3.52. The van der Waals surface area contributed by atoms with E-state index < -0.39 is 6.10 Å². The molecule has 20 heavy (non-hydrogen) atoms. The van der Waals surface area contributed by atoms with Crippen molar-refractivity contribution in [3.63, 3.8) is 0 Å². The summed E-state index contributed by atoms with van der Waals surface area (Å²) in [5.74, 6) is 0.772. The highest BCUT2D eigenvalue weighted by Gasteiger charge is 2.11. The van der Waals surface area contributed by atoms with Crippen LogP contribution < -0.4 is 0 Å². The van der Waals surface area contributed by atoms with Gasteiger partial charge in [-0.3, -0.25) is 4.90 Å². The van der Waals surface area contributed by atoms with Crippen LogP contribution in [0.3, 0.4) is 0 Å². The average Bonchev–Trinajstić information content (AvgIpc) is 2.38. The maximum absolute atomic E-state index is 9.72. The van der Waals surface area contributed by atoms with Crippen molar-refractivity contribution in [1.29, 1.82) is 0 Å². The van der Waals surface area contributed by atoms with Gasteiger partial charge in [-0.2, -0.15) is 0 Å². The zero-order chi connectivity index (χ0) is 14.5. The van der Waals surface area contributed by atoms with Gasteiger partial charge >= 0.3 is 0 Å². The van der Waals surface area contributed by atoms with Gasteiger partial charge in [-0.25, -0.2) is 9.97 Å². The van der Waals surface area contributed by atoms with Crippen molar-refractivity contribution >= 4 is 10.9 Å². The highest BCUT2D eigenvalue weighted by molar-refractivity contribution is 5.80. The van der Waals surface area contributed by atoms with E-state index in [1.54, 1.807) is 7.11 Å². The van der Waals surface area contributed by atoms with Gasteiger partial charge in [-0.05, 0) is 20.0 Å². The summed E-state index contributed by atoms with van der Waals surface area (Å²) in [5, 5.41) is 10.8. The number of methoxy groups -OCH3 is 1. The van der Waals surface area contributed by atoms with Crippen LogP contribution >= 0.6 is 0 Å². The minimum absolute atomic E-state index is 0.335. The molecule has 0 amide bonds. The molecule has 0 fully saturated rings. The molecule has 5 nitrogen and oxygen atoms in total. The van der Waals surface area contributed by atoms with E-state index in [9.17, 15) is 5.11 Å². The molecular formula is C15H21N3O2. The van der Waals surface area contributed by atoms with E-state index in [4.69, 9.17) is 4.74 Å². The number of nitrogens with zero attached hydrogens (tertiary/aromatic N) is 3. The van der Waals surface area contributed by atoms with Gasteiger partial charge in [0.1, 0.15) is 5.82 Å². The Balaban J connectivity index is 2.09. The predicted octanol–water partition coefficient (Wildman–Crippen LogP) is 1.38. The number of aliphatic hydroxyl groups excluding tert-OH is 1. The summed E-state index contributed by atoms with van der Waals surface area (Å²) in [6, 6.07) is 7.99. The average molecular weight is 275 g/mol. The lowest BCUT2D eigenvalue weighted by molar-refractivity contribution is 0.0414. The Morgan fingerprint density at radius 1 is 1.30 bits per heavy atom. The molecule has 1 atom stereocenters. The summed E-state index contributed by atoms with van der Waals surface area (Å²) in [5.41, 5.74) is 1.94. The van der Waals surface area contributed by atoms with E-state index in [0.29, 0.717) is 19.7 Å². The van der Waals surface area contributed by atoms with Crippen molar-refractivity contribution in [2.75, 3.05) is 27.3 Å². The highest BCUT2D eigenvalue weighted by atomic mass is 16.5. The van der Waals surface area contributed by atoms with Crippen LogP contribution in [-0.2, 0) is 11.3 Å². The van der Waals surface area contributed by atoms with Crippen molar-refractivity contribution in [2.45, 2.75) is 19.6 Å². The van der Waals surface area contributed by atoms with Crippen LogP contribution in [0.2, 0.25) is 0 Å². The molecule has 0 saturated carbocycles. The van der Waals surface area contributed by atoms with E-state index in [1.807, 2.05) is 43.1 Å². The molecule has 1 N–H and O–H groups in total. The van der Waals surface area contributed by atoms with Gasteiger partial charge in [0.05, 0.1) is 24.8 Å². The van der Waals surface area contributed by atoms with Crippen LogP contribution in [0.15, 0.2) is 24.3 Å². The second kappa shape index (κ2) is 6.74. The quantitative estimate of drug-likeness (QED) is 0.863. The number of benzene rings is 1. The van der Waals surface area contributed by atoms with Gasteiger partial charge in [0, 0.05) is 24.7 Å². The number of rotatable bonds is 6. The van der Waals surface area contributed by atoms with Gasteiger partial charge in [0.2, 0.25) is 0 Å². The number of aromatic nitrogens is 2. The lowest BCUT2D eigenvalue weighted by Crippen LogP contribution is -2.32. The van der Waals surface area contributed by atoms with Gasteiger partial charge in [0.15, 0.2) is 0 Å². The van der Waals surface area contributed by atoms with Crippen molar-refractivity contribution in [3.8, 4) is 0 Å². The molecule has 5 heteroatoms. The van der Waals surface area contributed by atoms with E-state index in [2.05, 4.69) is 9.97 Å². The molecule has 1 aromatic carbocycles. The minimum atomic E-state index is -0.494. The predicted molar refractivity (Wildman–Crippen MR) is 78.5 cm³/mol. The number of para-hydroxylation sites is 1. The summed E-state index contributed by atoms with van der Waals surface area (Å²) >= 11 is 0. The van der Waals surface area contributed by atoms with Gasteiger partial charge in [0.25, 0.3) is 0 Å². The first-order valence-corrected chi connectivity index (χ1v) is 6.68. The standard InChI is InChI=1S/C15H21N3O2/c1-11-13-6-4-5-7-14(13)17-15(16-11)9-18(2)8-12(19)10-20-3/h4-7,12,19H,8-10H2,1-3H3. The third-order valence-electron chi connectivity index (χ3n) is 3.13. The lowest BCUT2D eigenvalue weighted by Gasteiger charge is -2.19. The fraction of sp³-hybridized carbons (Fsp3) is 0.467. The second-order valence-electron chi connectivity index (χ2n) is 5.05. The summed E-state index contributed by atoms with van der Waals surface area (Å²) in [4.78, 5) is 11.1. The molecule has 0 aliphatic heterocycles. The van der Waals surface area contributed by atoms with E-state index in [0.717, 1.165) is 22.4 Å². The molecule has 1 heterocycles. The molecule has 0 aliphatic rings. The normalized spacial score (nSPS) is 13.1. The first kappa shape index (κ1) is 14.8. The number of likely N-dealkylation sites (N-methyl/N-ethyl adjacent to an activating group) is 1. The molecule has 1 unspecified atom stereocenters. The van der Waals surface area contributed by atoms with E-state index >= 15 is 0 Å². The van der Waals surface area contributed by atoms with Gasteiger partial charge in [-0.1, -0.05) is 18.2 Å². The van der Waals surface area contributed by atoms with Crippen LogP contribution in [0.1, 0.15) is 11.5 Å². The number of ether oxygens (including phenoxy) is 1. The maximum atomic E-state index is 9.72. The molecule has 0 saturated heterocycles. The van der Waals surface area contributed by atoms with Gasteiger partial charge < -0.3 is 9.84 Å². The number of aryl methyl sites for hydroxylation is 1. The Labute approximate surface area is 119 Å².